The first-order chi connectivity index (χ1) is 31.0. The maximum Gasteiger partial charge on any atom is 0.312 e. The lowest BCUT2D eigenvalue weighted by Gasteiger charge is -2.57. The number of sulfonamides is 1. The maximum atomic E-state index is 14.6. The van der Waals surface area contributed by atoms with Crippen LogP contribution >= 0.6 is 0 Å². The number of aromatic amines is 1. The van der Waals surface area contributed by atoms with Crippen LogP contribution in [0.2, 0.25) is 0 Å². The van der Waals surface area contributed by atoms with Gasteiger partial charge in [0.2, 0.25) is 5.82 Å². The topological polar surface area (TPSA) is 196 Å². The van der Waals surface area contributed by atoms with Crippen LogP contribution in [0.15, 0.2) is 78.1 Å². The lowest BCUT2D eigenvalue weighted by atomic mass is 9.70. The molecule has 1 spiro atoms. The van der Waals surface area contributed by atoms with Crippen LogP contribution in [-0.4, -0.2) is 88.6 Å². The normalized spacial score (nSPS) is 19.6. The second-order valence-corrected chi connectivity index (χ2v) is 20.4. The first-order valence-corrected chi connectivity index (χ1v) is 24.2. The van der Waals surface area contributed by atoms with E-state index in [0.717, 1.165) is 57.0 Å². The van der Waals surface area contributed by atoms with Crippen LogP contribution in [0.1, 0.15) is 119 Å². The molecular formula is C48H59FN8O7S. The molecule has 1 amide bonds. The number of carbonyl (C=O) groups excluding carboxylic acids is 1. The standard InChI is InChI=1S/C48H59FN8O7S/c1-5-47(4,59)17-8-9-20-50-45-42(57(60)61)25-34(27-52-45)65(62,63)54-46(58)38-16-15-32(23-43(38)64-33-24-39-40(49)28-53-44(39)51-26-33)55-21-18-48(19-22-55)29-56(30-48)41-14-10-13-37(41)36-12-7-6-11-35(36)31(2)3/h6-7,11-12,15-16,23-28,31,37,41,59H,5,8-10,13-14,17-22,29-30H2,1-4H3,(H,50,52)(H,51,53)(H,54,58)/t37-,41-,47-/m1/s1. The summed E-state index contributed by atoms with van der Waals surface area (Å²) in [5, 5.41) is 25.4. The number of hydrogen-bond acceptors (Lipinski definition) is 12. The lowest BCUT2D eigenvalue weighted by molar-refractivity contribution is -0.384. The Balaban J connectivity index is 0.968. The van der Waals surface area contributed by atoms with Crippen molar-refractivity contribution in [2.75, 3.05) is 42.9 Å². The number of nitro groups is 1. The van der Waals surface area contributed by atoms with Crippen LogP contribution in [0.3, 0.4) is 0 Å². The Morgan fingerprint density at radius 3 is 2.60 bits per heavy atom. The number of benzene rings is 2. The Hall–Kier alpha value is -5.65. The van der Waals surface area contributed by atoms with Crippen molar-refractivity contribution < 1.29 is 32.4 Å². The molecule has 346 valence electrons. The van der Waals surface area contributed by atoms with Crippen LogP contribution in [0, 0.1) is 21.3 Å². The molecule has 3 aromatic heterocycles. The Bertz CT molecular complexity index is 2660. The summed E-state index contributed by atoms with van der Waals surface area (Å²) in [7, 11) is -4.68. The fourth-order valence-corrected chi connectivity index (χ4v) is 10.9. The number of ether oxygens (including phenoxy) is 1. The number of carbonyl (C=O) groups is 1. The molecule has 3 atom stereocenters. The summed E-state index contributed by atoms with van der Waals surface area (Å²) in [6.45, 7) is 12.2. The van der Waals surface area contributed by atoms with E-state index in [9.17, 15) is 32.8 Å². The van der Waals surface area contributed by atoms with Crippen molar-refractivity contribution in [3.05, 3.63) is 106 Å². The molecule has 0 radical (unpaired) electrons. The lowest BCUT2D eigenvalue weighted by Crippen LogP contribution is -2.63. The summed E-state index contributed by atoms with van der Waals surface area (Å²) in [5.74, 6) is -0.539. The van der Waals surface area contributed by atoms with Gasteiger partial charge in [-0.3, -0.25) is 19.8 Å². The van der Waals surface area contributed by atoms with Gasteiger partial charge >= 0.3 is 5.69 Å². The molecule has 2 aliphatic heterocycles. The predicted octanol–water partition coefficient (Wildman–Crippen LogP) is 9.02. The van der Waals surface area contributed by atoms with E-state index in [1.807, 2.05) is 11.6 Å². The van der Waals surface area contributed by atoms with Crippen LogP contribution in [-0.2, 0) is 10.0 Å². The zero-order valence-electron chi connectivity index (χ0n) is 37.5. The van der Waals surface area contributed by atoms with Gasteiger partial charge in [-0.05, 0) is 105 Å². The van der Waals surface area contributed by atoms with E-state index in [-0.39, 0.29) is 33.7 Å². The second-order valence-electron chi connectivity index (χ2n) is 18.7. The second kappa shape index (κ2) is 18.7. The number of pyridine rings is 2. The number of fused-ring (bicyclic) bond motifs is 1. The number of nitrogens with zero attached hydrogens (tertiary/aromatic N) is 5. The fraction of sp³-hybridized carbons (Fsp3) is 0.479. The number of aromatic nitrogens is 3. The number of nitrogens with one attached hydrogen (secondary N) is 3. The highest BCUT2D eigenvalue weighted by Crippen LogP contribution is 2.49. The summed E-state index contributed by atoms with van der Waals surface area (Å²) in [4.78, 5) is 40.6. The van der Waals surface area contributed by atoms with Crippen molar-refractivity contribution in [2.24, 2.45) is 5.41 Å². The third-order valence-corrected chi connectivity index (χ3v) is 15.2. The van der Waals surface area contributed by atoms with Crippen molar-refractivity contribution in [3.8, 4) is 11.5 Å². The molecule has 65 heavy (non-hydrogen) atoms. The highest BCUT2D eigenvalue weighted by Gasteiger charge is 2.49. The van der Waals surface area contributed by atoms with Crippen LogP contribution in [0.25, 0.3) is 11.0 Å². The molecule has 1 saturated carbocycles. The largest absolute Gasteiger partial charge is 0.455 e. The van der Waals surface area contributed by atoms with E-state index in [1.165, 1.54) is 54.9 Å². The van der Waals surface area contributed by atoms with Gasteiger partial charge in [-0.25, -0.2) is 27.5 Å². The van der Waals surface area contributed by atoms with Gasteiger partial charge < -0.3 is 25.0 Å². The average Bonchev–Trinajstić information content (AvgIpc) is 3.91. The van der Waals surface area contributed by atoms with Crippen LogP contribution in [0.5, 0.6) is 11.5 Å². The minimum absolute atomic E-state index is 0.0143. The number of unbranched alkanes of at least 4 members (excludes halogenated alkanes) is 1. The van der Waals surface area contributed by atoms with Gasteiger partial charge in [-0.1, -0.05) is 51.5 Å². The zero-order chi connectivity index (χ0) is 46.1. The number of rotatable bonds is 17. The summed E-state index contributed by atoms with van der Waals surface area (Å²) in [5.41, 5.74) is 2.75. The number of halogens is 1. The predicted molar refractivity (Wildman–Crippen MR) is 248 cm³/mol. The monoisotopic (exact) mass is 910 g/mol. The highest BCUT2D eigenvalue weighted by atomic mass is 32.2. The van der Waals surface area contributed by atoms with Gasteiger partial charge in [0.1, 0.15) is 27.9 Å². The molecule has 2 aromatic carbocycles. The molecule has 1 aliphatic carbocycles. The molecule has 0 unspecified atom stereocenters. The molecule has 0 bridgehead atoms. The fourth-order valence-electron chi connectivity index (χ4n) is 9.94. The van der Waals surface area contributed by atoms with E-state index in [1.54, 1.807) is 19.1 Å². The summed E-state index contributed by atoms with van der Waals surface area (Å²) in [6.07, 6.45) is 11.6. The van der Waals surface area contributed by atoms with E-state index in [2.05, 4.69) is 68.2 Å². The maximum absolute atomic E-state index is 14.6. The number of hydrogen-bond donors (Lipinski definition) is 4. The van der Waals surface area contributed by atoms with Crippen LogP contribution < -0.4 is 19.7 Å². The minimum atomic E-state index is -4.68. The first kappa shape index (κ1) is 45.9. The Kier molecular flexibility index (Phi) is 13.2. The number of aliphatic hydroxyl groups is 1. The number of amides is 1. The molecular weight excluding hydrogens is 852 g/mol. The van der Waals surface area contributed by atoms with Gasteiger partial charge in [0.05, 0.1) is 33.9 Å². The quantitative estimate of drug-likeness (QED) is 0.0393. The number of piperidine rings is 1. The number of anilines is 2. The van der Waals surface area contributed by atoms with Crippen molar-refractivity contribution in [2.45, 2.75) is 114 Å². The van der Waals surface area contributed by atoms with Crippen molar-refractivity contribution in [1.29, 1.82) is 0 Å². The molecule has 5 aromatic rings. The SMILES string of the molecule is CC[C@@](C)(O)CCCCNc1ncc(S(=O)(=O)NC(=O)c2ccc(N3CCC4(CC3)CN([C@@H]3CCC[C@@H]3c3ccccc3C(C)C)C4)cc2Oc2cnc3[nH]cc(F)c3c2)cc1[N+](=O)[O-]. The number of H-pyrrole nitrogens is 1. The Labute approximate surface area is 379 Å². The van der Waals surface area contributed by atoms with E-state index in [0.29, 0.717) is 55.8 Å². The van der Waals surface area contributed by atoms with Gasteiger partial charge in [0, 0.05) is 62.8 Å². The van der Waals surface area contributed by atoms with E-state index in [4.69, 9.17) is 4.74 Å². The summed E-state index contributed by atoms with van der Waals surface area (Å²) >= 11 is 0. The van der Waals surface area contributed by atoms with Crippen LogP contribution in [0.4, 0.5) is 21.6 Å². The van der Waals surface area contributed by atoms with Crippen molar-refractivity contribution in [1.82, 2.24) is 24.6 Å². The van der Waals surface area contributed by atoms with Crippen molar-refractivity contribution in [3.63, 3.8) is 0 Å². The Morgan fingerprint density at radius 1 is 1.09 bits per heavy atom. The third-order valence-electron chi connectivity index (χ3n) is 13.9. The molecule has 2 saturated heterocycles. The molecule has 8 rings (SSSR count). The smallest absolute Gasteiger partial charge is 0.312 e. The molecule has 3 aliphatic rings. The first-order valence-electron chi connectivity index (χ1n) is 22.8. The van der Waals surface area contributed by atoms with Gasteiger partial charge in [-0.15, -0.1) is 0 Å². The molecule has 5 heterocycles. The Morgan fingerprint density at radius 2 is 1.86 bits per heavy atom. The van der Waals surface area contributed by atoms with Gasteiger partial charge in [-0.2, -0.15) is 0 Å². The average molecular weight is 911 g/mol. The minimum Gasteiger partial charge on any atom is -0.455 e. The zero-order valence-corrected chi connectivity index (χ0v) is 38.3. The molecule has 4 N–H and O–H groups in total. The highest BCUT2D eigenvalue weighted by molar-refractivity contribution is 7.90. The third kappa shape index (κ3) is 9.97. The molecule has 17 heteroatoms. The van der Waals surface area contributed by atoms with E-state index < -0.39 is 42.9 Å². The molecule has 15 nitrogen and oxygen atoms in total. The van der Waals surface area contributed by atoms with E-state index >= 15 is 0 Å². The number of likely N-dealkylation sites (tertiary alicyclic amines) is 1. The van der Waals surface area contributed by atoms with Crippen molar-refractivity contribution >= 4 is 44.2 Å². The van der Waals surface area contributed by atoms with Gasteiger partial charge in [0.15, 0.2) is 0 Å². The summed E-state index contributed by atoms with van der Waals surface area (Å²) < 4.78 is 50.2. The summed E-state index contributed by atoms with van der Waals surface area (Å²) in [6, 6.07) is 16.7. The van der Waals surface area contributed by atoms with Gasteiger partial charge in [0.25, 0.3) is 15.9 Å². The molecule has 3 fully saturated rings.